The Morgan fingerprint density at radius 3 is 2.71 bits per heavy atom. The second-order valence-electron chi connectivity index (χ2n) is 6.97. The molecule has 2 aromatic carbocycles. The number of nitrogens with one attached hydrogen (secondary N) is 1. The number of halogens is 1. The van der Waals surface area contributed by atoms with Crippen LogP contribution in [0.2, 0.25) is 0 Å². The molecule has 31 heavy (non-hydrogen) atoms. The van der Waals surface area contributed by atoms with Crippen molar-refractivity contribution in [2.75, 3.05) is 5.75 Å². The second kappa shape index (κ2) is 8.73. The van der Waals surface area contributed by atoms with Crippen molar-refractivity contribution in [1.82, 2.24) is 24.5 Å². The van der Waals surface area contributed by atoms with E-state index in [1.165, 1.54) is 28.5 Å². The third-order valence-corrected chi connectivity index (χ3v) is 5.80. The lowest BCUT2D eigenvalue weighted by molar-refractivity contribution is -0.119. The van der Waals surface area contributed by atoms with Gasteiger partial charge in [0.2, 0.25) is 11.7 Å². The number of allylic oxidation sites excluding steroid dienone is 1. The summed E-state index contributed by atoms with van der Waals surface area (Å²) in [6, 6.07) is 13.0. The number of carbonyl (C=O) groups excluding carboxylic acids is 1. The molecule has 4 aromatic rings. The summed E-state index contributed by atoms with van der Waals surface area (Å²) < 4.78 is 16.4. The first kappa shape index (κ1) is 20.8. The zero-order valence-corrected chi connectivity index (χ0v) is 17.6. The fourth-order valence-electron chi connectivity index (χ4n) is 3.37. The summed E-state index contributed by atoms with van der Waals surface area (Å²) in [6.07, 6.45) is 1.63. The zero-order chi connectivity index (χ0) is 22.0. The minimum absolute atomic E-state index is 0.112. The predicted molar refractivity (Wildman–Crippen MR) is 119 cm³/mol. The summed E-state index contributed by atoms with van der Waals surface area (Å²) in [5, 5.41) is 12.3. The molecule has 0 spiro atoms. The minimum atomic E-state index is -0.321. The summed E-state index contributed by atoms with van der Waals surface area (Å²) in [5.41, 5.74) is 1.32. The van der Waals surface area contributed by atoms with Gasteiger partial charge in [0.05, 0.1) is 22.7 Å². The number of aromatic nitrogens is 4. The first-order chi connectivity index (χ1) is 15.0. The molecule has 0 aliphatic carbocycles. The lowest BCUT2D eigenvalue weighted by Crippen LogP contribution is -2.28. The fourth-order valence-corrected chi connectivity index (χ4v) is 4.12. The van der Waals surface area contributed by atoms with Gasteiger partial charge in [-0.3, -0.25) is 18.6 Å². The Hall–Kier alpha value is -3.46. The number of hydrogen-bond donors (Lipinski definition) is 1. The van der Waals surface area contributed by atoms with Crippen LogP contribution in [0.1, 0.15) is 18.5 Å². The van der Waals surface area contributed by atoms with Crippen LogP contribution in [0.5, 0.6) is 0 Å². The molecule has 1 amide bonds. The van der Waals surface area contributed by atoms with E-state index in [4.69, 9.17) is 0 Å². The maximum absolute atomic E-state index is 13.1. The van der Waals surface area contributed by atoms with E-state index in [1.807, 2.05) is 19.1 Å². The van der Waals surface area contributed by atoms with Gasteiger partial charge in [0, 0.05) is 6.54 Å². The Labute approximate surface area is 181 Å². The first-order valence-corrected chi connectivity index (χ1v) is 10.6. The van der Waals surface area contributed by atoms with E-state index in [-0.39, 0.29) is 29.1 Å². The van der Waals surface area contributed by atoms with E-state index < -0.39 is 0 Å². The smallest absolute Gasteiger partial charge is 0.263 e. The van der Waals surface area contributed by atoms with Gasteiger partial charge in [0.15, 0.2) is 5.16 Å². The predicted octanol–water partition coefficient (Wildman–Crippen LogP) is 3.34. The summed E-state index contributed by atoms with van der Waals surface area (Å²) in [6.45, 7) is 5.85. The average molecular weight is 438 g/mol. The van der Waals surface area contributed by atoms with Gasteiger partial charge < -0.3 is 5.32 Å². The Bertz CT molecular complexity index is 1330. The molecule has 0 saturated carbocycles. The number of thioether (sulfide) groups is 1. The summed E-state index contributed by atoms with van der Waals surface area (Å²) in [5.74, 6) is -0.00603. The molecular weight excluding hydrogens is 417 g/mol. The lowest BCUT2D eigenvalue weighted by Gasteiger charge is -2.14. The topological polar surface area (TPSA) is 81.3 Å². The van der Waals surface area contributed by atoms with Crippen molar-refractivity contribution in [3.8, 4) is 0 Å². The number of fused-ring (bicyclic) bond motifs is 3. The van der Waals surface area contributed by atoms with Gasteiger partial charge in [-0.1, -0.05) is 42.1 Å². The van der Waals surface area contributed by atoms with Gasteiger partial charge >= 0.3 is 0 Å². The van der Waals surface area contributed by atoms with Crippen LogP contribution in [-0.2, 0) is 11.3 Å². The van der Waals surface area contributed by atoms with Gasteiger partial charge in [0.1, 0.15) is 5.82 Å². The summed E-state index contributed by atoms with van der Waals surface area (Å²) in [4.78, 5) is 25.3. The van der Waals surface area contributed by atoms with E-state index in [9.17, 15) is 14.0 Å². The molecule has 1 unspecified atom stereocenters. The van der Waals surface area contributed by atoms with Crippen molar-refractivity contribution in [2.24, 2.45) is 0 Å². The molecule has 1 atom stereocenters. The lowest BCUT2D eigenvalue weighted by atomic mass is 10.1. The van der Waals surface area contributed by atoms with Crippen LogP contribution < -0.4 is 10.9 Å². The molecule has 2 aromatic heterocycles. The van der Waals surface area contributed by atoms with Gasteiger partial charge in [-0.15, -0.1) is 16.8 Å². The zero-order valence-electron chi connectivity index (χ0n) is 16.8. The highest BCUT2D eigenvalue weighted by Gasteiger charge is 2.17. The number of hydrogen-bond acceptors (Lipinski definition) is 5. The molecule has 0 radical (unpaired) electrons. The Morgan fingerprint density at radius 1 is 1.23 bits per heavy atom. The molecule has 4 rings (SSSR count). The maximum Gasteiger partial charge on any atom is 0.263 e. The highest BCUT2D eigenvalue weighted by Crippen LogP contribution is 2.22. The third-order valence-electron chi connectivity index (χ3n) is 4.87. The van der Waals surface area contributed by atoms with Crippen LogP contribution in [0.3, 0.4) is 0 Å². The quantitative estimate of drug-likeness (QED) is 0.354. The van der Waals surface area contributed by atoms with Crippen LogP contribution in [0.15, 0.2) is 71.1 Å². The van der Waals surface area contributed by atoms with Crippen LogP contribution in [-0.4, -0.2) is 30.8 Å². The highest BCUT2D eigenvalue weighted by molar-refractivity contribution is 7.99. The van der Waals surface area contributed by atoms with E-state index in [2.05, 4.69) is 22.1 Å². The number of rotatable bonds is 7. The van der Waals surface area contributed by atoms with Crippen molar-refractivity contribution in [3.05, 3.63) is 82.9 Å². The SMILES string of the molecule is C=CCn1c(=O)c2ccccc2n2c(SCC(=O)NC(C)c3ccc(F)cc3)nnc12. The van der Waals surface area contributed by atoms with Gasteiger partial charge in [-0.2, -0.15) is 0 Å². The Kier molecular flexibility index (Phi) is 5.85. The van der Waals surface area contributed by atoms with Crippen molar-refractivity contribution < 1.29 is 9.18 Å². The van der Waals surface area contributed by atoms with Crippen LogP contribution in [0.4, 0.5) is 4.39 Å². The number of benzene rings is 2. The molecule has 0 aliphatic rings. The first-order valence-electron chi connectivity index (χ1n) is 9.64. The molecule has 0 fully saturated rings. The molecule has 0 bridgehead atoms. The molecule has 2 heterocycles. The van der Waals surface area contributed by atoms with Crippen molar-refractivity contribution >= 4 is 34.3 Å². The molecule has 158 valence electrons. The van der Waals surface area contributed by atoms with Crippen molar-refractivity contribution in [2.45, 2.75) is 24.7 Å². The highest BCUT2D eigenvalue weighted by atomic mass is 32.2. The van der Waals surface area contributed by atoms with Gasteiger partial charge in [-0.25, -0.2) is 4.39 Å². The molecule has 0 saturated heterocycles. The van der Waals surface area contributed by atoms with Gasteiger partial charge in [-0.05, 0) is 36.8 Å². The largest absolute Gasteiger partial charge is 0.349 e. The Balaban J connectivity index is 1.59. The van der Waals surface area contributed by atoms with E-state index in [0.29, 0.717) is 28.4 Å². The number of amides is 1. The molecule has 1 N–H and O–H groups in total. The number of nitrogens with zero attached hydrogens (tertiary/aromatic N) is 4. The molecule has 7 nitrogen and oxygen atoms in total. The molecule has 9 heteroatoms. The average Bonchev–Trinajstić information content (AvgIpc) is 3.19. The number of para-hydroxylation sites is 1. The summed E-state index contributed by atoms with van der Waals surface area (Å²) in [7, 11) is 0. The minimum Gasteiger partial charge on any atom is -0.349 e. The summed E-state index contributed by atoms with van der Waals surface area (Å²) >= 11 is 1.23. The maximum atomic E-state index is 13.1. The molecule has 0 aliphatic heterocycles. The monoisotopic (exact) mass is 437 g/mol. The van der Waals surface area contributed by atoms with E-state index >= 15 is 0 Å². The standard InChI is InChI=1S/C22H20FN5O2S/c1-3-12-27-20(30)17-6-4-5-7-18(17)28-21(27)25-26-22(28)31-13-19(29)24-14(2)15-8-10-16(23)11-9-15/h3-11,14H,1,12-13H2,2H3,(H,24,29). The van der Waals surface area contributed by atoms with E-state index in [1.54, 1.807) is 34.7 Å². The van der Waals surface area contributed by atoms with E-state index in [0.717, 1.165) is 5.56 Å². The second-order valence-corrected chi connectivity index (χ2v) is 7.91. The third kappa shape index (κ3) is 4.09. The van der Waals surface area contributed by atoms with Crippen LogP contribution >= 0.6 is 11.8 Å². The fraction of sp³-hybridized carbons (Fsp3) is 0.182. The normalized spacial score (nSPS) is 12.2. The number of carbonyl (C=O) groups is 1. The van der Waals surface area contributed by atoms with Crippen molar-refractivity contribution in [1.29, 1.82) is 0 Å². The Morgan fingerprint density at radius 2 is 1.97 bits per heavy atom. The van der Waals surface area contributed by atoms with Gasteiger partial charge in [0.25, 0.3) is 5.56 Å². The van der Waals surface area contributed by atoms with Crippen LogP contribution in [0, 0.1) is 5.82 Å². The van der Waals surface area contributed by atoms with Crippen LogP contribution in [0.25, 0.3) is 16.7 Å². The van der Waals surface area contributed by atoms with Crippen molar-refractivity contribution in [3.63, 3.8) is 0 Å². The molecular formula is C22H20FN5O2S.